The molecule has 8 heteroatoms. The molecule has 2 unspecified atom stereocenters. The van der Waals surface area contributed by atoms with Crippen LogP contribution in [0.3, 0.4) is 0 Å². The molecule has 31 heavy (non-hydrogen) atoms. The van der Waals surface area contributed by atoms with Crippen LogP contribution in [-0.2, 0) is 17.8 Å². The number of nitrogens with zero attached hydrogens (tertiary/aromatic N) is 5. The van der Waals surface area contributed by atoms with Crippen molar-refractivity contribution >= 4 is 12.3 Å². The molecule has 1 saturated heterocycles. The molecule has 2 aromatic carbocycles. The lowest BCUT2D eigenvalue weighted by Crippen LogP contribution is -2.28. The van der Waals surface area contributed by atoms with Gasteiger partial charge in [0.25, 0.3) is 5.95 Å². The van der Waals surface area contributed by atoms with Crippen molar-refractivity contribution in [3.8, 4) is 0 Å². The van der Waals surface area contributed by atoms with Gasteiger partial charge < -0.3 is 14.7 Å². The summed E-state index contributed by atoms with van der Waals surface area (Å²) >= 11 is 0. The first kappa shape index (κ1) is 20.9. The first-order valence-electron chi connectivity index (χ1n) is 10.3. The Morgan fingerprint density at radius 2 is 1.71 bits per heavy atom. The van der Waals surface area contributed by atoms with Gasteiger partial charge in [0.15, 0.2) is 0 Å². The molecule has 8 nitrogen and oxygen atoms in total. The van der Waals surface area contributed by atoms with E-state index >= 15 is 0 Å². The van der Waals surface area contributed by atoms with E-state index in [2.05, 4.69) is 39.2 Å². The van der Waals surface area contributed by atoms with Crippen molar-refractivity contribution in [2.24, 2.45) is 4.99 Å². The predicted molar refractivity (Wildman–Crippen MR) is 117 cm³/mol. The summed E-state index contributed by atoms with van der Waals surface area (Å²) in [6.45, 7) is 1.26. The van der Waals surface area contributed by atoms with Crippen LogP contribution in [0, 0.1) is 0 Å². The Balaban J connectivity index is 1.50. The summed E-state index contributed by atoms with van der Waals surface area (Å²) in [6, 6.07) is 20.2. The van der Waals surface area contributed by atoms with Crippen molar-refractivity contribution in [2.45, 2.75) is 38.3 Å². The molecule has 0 spiro atoms. The van der Waals surface area contributed by atoms with Crippen molar-refractivity contribution in [2.75, 3.05) is 6.61 Å². The van der Waals surface area contributed by atoms with Gasteiger partial charge in [-0.2, -0.15) is 4.98 Å². The Labute approximate surface area is 180 Å². The highest BCUT2D eigenvalue weighted by Crippen LogP contribution is 2.26. The Bertz CT molecular complexity index is 1010. The van der Waals surface area contributed by atoms with E-state index < -0.39 is 11.9 Å². The van der Waals surface area contributed by atoms with Crippen LogP contribution in [-0.4, -0.2) is 43.6 Å². The van der Waals surface area contributed by atoms with E-state index in [1.54, 1.807) is 6.34 Å². The minimum atomic E-state index is -0.469. The van der Waals surface area contributed by atoms with Crippen LogP contribution in [0.4, 0.5) is 5.95 Å². The Morgan fingerprint density at radius 1 is 1.06 bits per heavy atom. The largest absolute Gasteiger partial charge is 0.394 e. The van der Waals surface area contributed by atoms with Crippen LogP contribution in [0.25, 0.3) is 0 Å². The van der Waals surface area contributed by atoms with E-state index in [0.717, 1.165) is 11.1 Å². The van der Waals surface area contributed by atoms with Gasteiger partial charge in [-0.3, -0.25) is 4.57 Å². The van der Waals surface area contributed by atoms with Crippen LogP contribution < -0.4 is 5.69 Å². The van der Waals surface area contributed by atoms with Crippen molar-refractivity contribution in [1.29, 1.82) is 0 Å². The highest BCUT2D eigenvalue weighted by Gasteiger charge is 2.27. The summed E-state index contributed by atoms with van der Waals surface area (Å²) in [5.41, 5.74) is 1.83. The van der Waals surface area contributed by atoms with Crippen LogP contribution in [0.2, 0.25) is 0 Å². The monoisotopic (exact) mass is 419 g/mol. The molecule has 1 aliphatic heterocycles. The Kier molecular flexibility index (Phi) is 6.81. The molecule has 0 bridgehead atoms. The smallest absolute Gasteiger partial charge is 0.354 e. The maximum Gasteiger partial charge on any atom is 0.354 e. The zero-order valence-corrected chi connectivity index (χ0v) is 17.1. The summed E-state index contributed by atoms with van der Waals surface area (Å²) < 4.78 is 6.98. The van der Waals surface area contributed by atoms with Crippen molar-refractivity contribution in [3.63, 3.8) is 0 Å². The molecule has 1 aromatic heterocycles. The molecule has 2 heterocycles. The number of benzene rings is 2. The van der Waals surface area contributed by atoms with Crippen LogP contribution in [0.15, 0.2) is 76.8 Å². The van der Waals surface area contributed by atoms with Gasteiger partial charge in [-0.05, 0) is 24.0 Å². The molecule has 0 aliphatic carbocycles. The molecule has 160 valence electrons. The van der Waals surface area contributed by atoms with Crippen LogP contribution >= 0.6 is 0 Å². The molecule has 1 aliphatic rings. The zero-order chi connectivity index (χ0) is 21.5. The molecule has 0 saturated carbocycles. The molecule has 0 amide bonds. The van der Waals surface area contributed by atoms with E-state index in [4.69, 9.17) is 4.74 Å². The number of hydrogen-bond donors (Lipinski definition) is 1. The fourth-order valence-corrected chi connectivity index (χ4v) is 3.53. The molecule has 1 N–H and O–H groups in total. The quantitative estimate of drug-likeness (QED) is 0.446. The summed E-state index contributed by atoms with van der Waals surface area (Å²) in [5.74, 6) is 0.101. The van der Waals surface area contributed by atoms with Gasteiger partial charge in [0.05, 0.1) is 19.0 Å². The third-order valence-corrected chi connectivity index (χ3v) is 5.11. The fourth-order valence-electron chi connectivity index (χ4n) is 3.53. The average molecular weight is 419 g/mol. The molecule has 2 atom stereocenters. The number of ether oxygens (including phenoxy) is 1. The van der Waals surface area contributed by atoms with Gasteiger partial charge in [-0.15, -0.1) is 0 Å². The number of rotatable bonds is 8. The maximum absolute atomic E-state index is 12.4. The van der Waals surface area contributed by atoms with Gasteiger partial charge >= 0.3 is 5.69 Å². The first-order valence-corrected chi connectivity index (χ1v) is 10.3. The van der Waals surface area contributed by atoms with Crippen LogP contribution in [0.5, 0.6) is 0 Å². The average Bonchev–Trinajstić information content (AvgIpc) is 3.28. The number of aliphatic hydroxyl groups excluding tert-OH is 1. The summed E-state index contributed by atoms with van der Waals surface area (Å²) in [5, 5.41) is 9.21. The SMILES string of the molecule is O=c1nc(N=CN(Cc2ccccc2)Cc2ccccc2)ncn1C1CCC(CO)O1. The number of aliphatic imine (C=N–C) groups is 1. The number of aliphatic hydroxyl groups is 1. The second kappa shape index (κ2) is 10.1. The van der Waals surface area contributed by atoms with Crippen molar-refractivity contribution in [1.82, 2.24) is 19.4 Å². The Morgan fingerprint density at radius 3 is 2.26 bits per heavy atom. The van der Waals surface area contributed by atoms with Gasteiger partial charge in [-0.1, -0.05) is 60.7 Å². The van der Waals surface area contributed by atoms with Crippen LogP contribution in [0.1, 0.15) is 30.2 Å². The lowest BCUT2D eigenvalue weighted by molar-refractivity contribution is -0.0250. The highest BCUT2D eigenvalue weighted by atomic mass is 16.5. The molecular formula is C23H25N5O3. The fraction of sp³-hybridized carbons (Fsp3) is 0.304. The minimum Gasteiger partial charge on any atom is -0.394 e. The minimum absolute atomic E-state index is 0.0624. The number of aromatic nitrogens is 3. The molecule has 3 aromatic rings. The van der Waals surface area contributed by atoms with Crippen molar-refractivity contribution in [3.05, 3.63) is 88.6 Å². The second-order valence-corrected chi connectivity index (χ2v) is 7.44. The van der Waals surface area contributed by atoms with E-state index in [0.29, 0.717) is 25.9 Å². The maximum atomic E-state index is 12.4. The van der Waals surface area contributed by atoms with Gasteiger partial charge in [-0.25, -0.2) is 14.8 Å². The lowest BCUT2D eigenvalue weighted by atomic mass is 10.2. The summed E-state index contributed by atoms with van der Waals surface area (Å²) in [4.78, 5) is 27.0. The Hall–Kier alpha value is -3.36. The normalized spacial score (nSPS) is 18.5. The third kappa shape index (κ3) is 5.62. The molecular weight excluding hydrogens is 394 g/mol. The zero-order valence-electron chi connectivity index (χ0n) is 17.1. The van der Waals surface area contributed by atoms with Gasteiger partial charge in [0.1, 0.15) is 12.6 Å². The molecule has 1 fully saturated rings. The van der Waals surface area contributed by atoms with E-state index in [1.165, 1.54) is 10.9 Å². The summed E-state index contributed by atoms with van der Waals surface area (Å²) in [7, 11) is 0. The van der Waals surface area contributed by atoms with Gasteiger partial charge in [0.2, 0.25) is 0 Å². The van der Waals surface area contributed by atoms with E-state index in [9.17, 15) is 9.90 Å². The highest BCUT2D eigenvalue weighted by molar-refractivity contribution is 5.58. The van der Waals surface area contributed by atoms with E-state index in [-0.39, 0.29) is 18.7 Å². The topological polar surface area (TPSA) is 92.8 Å². The first-order chi connectivity index (χ1) is 15.2. The second-order valence-electron chi connectivity index (χ2n) is 7.44. The number of hydrogen-bond acceptors (Lipinski definition) is 6. The van der Waals surface area contributed by atoms with E-state index in [1.807, 2.05) is 41.3 Å². The lowest BCUT2D eigenvalue weighted by Gasteiger charge is -2.19. The standard InChI is InChI=1S/C23H25N5O3/c29-15-20-11-12-21(31-20)28-17-25-22(26-23(28)30)24-16-27(13-18-7-3-1-4-8-18)14-19-9-5-2-6-10-19/h1-10,16-17,20-21,29H,11-15H2. The van der Waals surface area contributed by atoms with Crippen molar-refractivity contribution < 1.29 is 9.84 Å². The van der Waals surface area contributed by atoms with Gasteiger partial charge in [0, 0.05) is 13.1 Å². The molecule has 4 rings (SSSR count). The third-order valence-electron chi connectivity index (χ3n) is 5.11. The summed E-state index contributed by atoms with van der Waals surface area (Å²) in [6.07, 6.45) is 3.72. The molecule has 0 radical (unpaired) electrons. The predicted octanol–water partition coefficient (Wildman–Crippen LogP) is 2.67.